The highest BCUT2D eigenvalue weighted by Gasteiger charge is 2.19. The minimum atomic E-state index is -0.290. The molecule has 4 aromatic rings. The smallest absolute Gasteiger partial charge is 0.253 e. The number of aromatic amines is 1. The second kappa shape index (κ2) is 8.99. The number of amides is 1. The number of carbonyl (C=O) groups is 1. The Bertz CT molecular complexity index is 1400. The largest absolute Gasteiger partial charge is 0.348 e. The maximum absolute atomic E-state index is 13.3. The number of nitrogens with zero attached hydrogens (tertiary/aromatic N) is 3. The van der Waals surface area contributed by atoms with Crippen LogP contribution in [0, 0.1) is 13.8 Å². The molecule has 3 heterocycles. The van der Waals surface area contributed by atoms with Crippen molar-refractivity contribution in [2.45, 2.75) is 46.8 Å². The number of H-pyrrole nitrogens is 1. The zero-order valence-electron chi connectivity index (χ0n) is 19.3. The quantitative estimate of drug-likeness (QED) is 0.421. The molecule has 0 saturated carbocycles. The highest BCUT2D eigenvalue weighted by molar-refractivity contribution is 6.06. The number of aromatic nitrogens is 4. The van der Waals surface area contributed by atoms with E-state index in [0.29, 0.717) is 34.4 Å². The second-order valence-electron chi connectivity index (χ2n) is 8.51. The molecule has 0 saturated heterocycles. The molecule has 8 heteroatoms. The lowest BCUT2D eigenvalue weighted by molar-refractivity contribution is 0.0952. The summed E-state index contributed by atoms with van der Waals surface area (Å²) in [6, 6.07) is 11.5. The van der Waals surface area contributed by atoms with Gasteiger partial charge < -0.3 is 16.0 Å². The van der Waals surface area contributed by atoms with Gasteiger partial charge in [-0.3, -0.25) is 9.59 Å². The molecule has 0 unspecified atom stereocenters. The molecule has 1 amide bonds. The zero-order valence-corrected chi connectivity index (χ0v) is 19.3. The highest BCUT2D eigenvalue weighted by Crippen LogP contribution is 2.27. The molecule has 0 radical (unpaired) electrons. The lowest BCUT2D eigenvalue weighted by atomic mass is 10.0. The van der Waals surface area contributed by atoms with E-state index in [2.05, 4.69) is 15.4 Å². The summed E-state index contributed by atoms with van der Waals surface area (Å²) in [5, 5.41) is 8.03. The molecule has 0 aliphatic heterocycles. The molecular weight excluding hydrogens is 416 g/mol. The molecule has 4 N–H and O–H groups in total. The molecule has 33 heavy (non-hydrogen) atoms. The van der Waals surface area contributed by atoms with Gasteiger partial charge in [-0.25, -0.2) is 9.67 Å². The van der Waals surface area contributed by atoms with Crippen molar-refractivity contribution in [2.75, 3.05) is 0 Å². The normalized spacial score (nSPS) is 11.3. The Hall–Kier alpha value is -3.78. The first kappa shape index (κ1) is 22.4. The molecule has 0 aliphatic rings. The Morgan fingerprint density at radius 3 is 2.70 bits per heavy atom. The van der Waals surface area contributed by atoms with Gasteiger partial charge in [0.15, 0.2) is 5.65 Å². The van der Waals surface area contributed by atoms with Crippen LogP contribution in [0.1, 0.15) is 52.6 Å². The highest BCUT2D eigenvalue weighted by atomic mass is 16.1. The lowest BCUT2D eigenvalue weighted by Crippen LogP contribution is -2.28. The average Bonchev–Trinajstić information content (AvgIpc) is 3.22. The number of nitrogens with two attached hydrogens (primary N) is 1. The van der Waals surface area contributed by atoms with Crippen LogP contribution in [0.4, 0.5) is 0 Å². The first-order valence-electron chi connectivity index (χ1n) is 10.9. The summed E-state index contributed by atoms with van der Waals surface area (Å²) in [4.78, 5) is 33.3. The van der Waals surface area contributed by atoms with E-state index in [4.69, 9.17) is 10.7 Å². The Kier molecular flexibility index (Phi) is 6.11. The van der Waals surface area contributed by atoms with Crippen molar-refractivity contribution in [3.8, 4) is 11.3 Å². The summed E-state index contributed by atoms with van der Waals surface area (Å²) < 4.78 is 1.80. The minimum absolute atomic E-state index is 0.0744. The summed E-state index contributed by atoms with van der Waals surface area (Å²) >= 11 is 0. The van der Waals surface area contributed by atoms with Crippen molar-refractivity contribution in [1.29, 1.82) is 0 Å². The van der Waals surface area contributed by atoms with Gasteiger partial charge in [0.2, 0.25) is 0 Å². The van der Waals surface area contributed by atoms with Crippen LogP contribution in [0.25, 0.3) is 22.3 Å². The van der Waals surface area contributed by atoms with E-state index in [1.165, 1.54) is 0 Å². The van der Waals surface area contributed by atoms with Gasteiger partial charge in [-0.2, -0.15) is 5.10 Å². The Morgan fingerprint density at radius 1 is 1.21 bits per heavy atom. The van der Waals surface area contributed by atoms with Crippen molar-refractivity contribution in [3.63, 3.8) is 0 Å². The van der Waals surface area contributed by atoms with Gasteiger partial charge >= 0.3 is 0 Å². The molecule has 8 nitrogen and oxygen atoms in total. The topological polar surface area (TPSA) is 119 Å². The summed E-state index contributed by atoms with van der Waals surface area (Å²) in [5.74, 6) is -0.290. The molecule has 0 aliphatic carbocycles. The zero-order chi connectivity index (χ0) is 23.7. The van der Waals surface area contributed by atoms with Gasteiger partial charge in [-0.1, -0.05) is 18.2 Å². The van der Waals surface area contributed by atoms with Crippen molar-refractivity contribution < 1.29 is 4.79 Å². The number of pyridine rings is 2. The van der Waals surface area contributed by atoms with E-state index in [1.807, 2.05) is 58.0 Å². The molecule has 0 atom stereocenters. The van der Waals surface area contributed by atoms with Crippen molar-refractivity contribution in [3.05, 3.63) is 80.9 Å². The maximum atomic E-state index is 13.3. The van der Waals surface area contributed by atoms with Crippen molar-refractivity contribution in [1.82, 2.24) is 25.1 Å². The monoisotopic (exact) mass is 444 g/mol. The lowest BCUT2D eigenvalue weighted by Gasteiger charge is -2.12. The van der Waals surface area contributed by atoms with Crippen LogP contribution in [0.15, 0.2) is 47.4 Å². The van der Waals surface area contributed by atoms with Gasteiger partial charge in [-0.15, -0.1) is 0 Å². The predicted octanol–water partition coefficient (Wildman–Crippen LogP) is 3.37. The molecule has 170 valence electrons. The number of benzene rings is 1. The number of fused-ring (bicyclic) bond motifs is 1. The number of carbonyl (C=O) groups excluding carboxylic acids is 1. The maximum Gasteiger partial charge on any atom is 0.253 e. The van der Waals surface area contributed by atoms with Crippen molar-refractivity contribution >= 4 is 16.9 Å². The van der Waals surface area contributed by atoms with E-state index in [9.17, 15) is 9.59 Å². The first-order chi connectivity index (χ1) is 15.8. The van der Waals surface area contributed by atoms with E-state index >= 15 is 0 Å². The number of hydrogen-bond acceptors (Lipinski definition) is 5. The predicted molar refractivity (Wildman–Crippen MR) is 129 cm³/mol. The van der Waals surface area contributed by atoms with E-state index < -0.39 is 0 Å². The molecular formula is C25H28N6O2. The van der Waals surface area contributed by atoms with Crippen LogP contribution in [0.5, 0.6) is 0 Å². The minimum Gasteiger partial charge on any atom is -0.348 e. The van der Waals surface area contributed by atoms with Crippen molar-refractivity contribution in [2.24, 2.45) is 5.73 Å². The van der Waals surface area contributed by atoms with Crippen LogP contribution in [-0.2, 0) is 13.1 Å². The average molecular weight is 445 g/mol. The third-order valence-corrected chi connectivity index (χ3v) is 5.68. The SMILES string of the molecule is Cc1cc(C)c(CNC(=O)c2cc(-c3cccc(CN)c3)nc3c2cnn3C(C)C)c(=O)[nH]1. The summed E-state index contributed by atoms with van der Waals surface area (Å²) in [7, 11) is 0. The van der Waals surface area contributed by atoms with Crippen LogP contribution >= 0.6 is 0 Å². The van der Waals surface area contributed by atoms with Crippen LogP contribution in [0.3, 0.4) is 0 Å². The molecule has 3 aromatic heterocycles. The third-order valence-electron chi connectivity index (χ3n) is 5.68. The molecule has 1 aromatic carbocycles. The molecule has 0 fully saturated rings. The molecule has 4 rings (SSSR count). The van der Waals surface area contributed by atoms with Crippen LogP contribution in [-0.4, -0.2) is 25.7 Å². The number of aryl methyl sites for hydroxylation is 2. The van der Waals surface area contributed by atoms with Gasteiger partial charge in [0.1, 0.15) is 0 Å². The van der Waals surface area contributed by atoms with Gasteiger partial charge in [0.25, 0.3) is 11.5 Å². The fourth-order valence-electron chi connectivity index (χ4n) is 3.95. The van der Waals surface area contributed by atoms with Crippen LogP contribution in [0.2, 0.25) is 0 Å². The van der Waals surface area contributed by atoms with Gasteiger partial charge in [0.05, 0.1) is 22.8 Å². The summed E-state index contributed by atoms with van der Waals surface area (Å²) in [6.45, 7) is 8.27. The third kappa shape index (κ3) is 4.42. The Balaban J connectivity index is 1.77. The number of nitrogens with one attached hydrogen (secondary N) is 2. The summed E-state index contributed by atoms with van der Waals surface area (Å²) in [5.41, 5.74) is 11.4. The summed E-state index contributed by atoms with van der Waals surface area (Å²) in [6.07, 6.45) is 1.67. The Labute approximate surface area is 191 Å². The molecule has 0 spiro atoms. The Morgan fingerprint density at radius 2 is 2.00 bits per heavy atom. The number of hydrogen-bond donors (Lipinski definition) is 3. The number of rotatable bonds is 6. The van der Waals surface area contributed by atoms with Gasteiger partial charge in [0, 0.05) is 36.0 Å². The standard InChI is InChI=1S/C25H28N6O2/c1-14(2)31-23-21(13-28-31)19(10-22(30-23)18-7-5-6-17(9-18)11-26)24(32)27-12-20-15(3)8-16(4)29-25(20)33/h5-10,13-14H,11-12,26H2,1-4H3,(H,27,32)(H,29,33). The van der Waals surface area contributed by atoms with E-state index in [0.717, 1.165) is 22.4 Å². The fraction of sp³-hybridized carbons (Fsp3) is 0.280. The van der Waals surface area contributed by atoms with Crippen LogP contribution < -0.4 is 16.6 Å². The van der Waals surface area contributed by atoms with Gasteiger partial charge in [-0.05, 0) is 57.0 Å². The van der Waals surface area contributed by atoms with E-state index in [1.54, 1.807) is 16.9 Å². The fourth-order valence-corrected chi connectivity index (χ4v) is 3.95. The van der Waals surface area contributed by atoms with E-state index in [-0.39, 0.29) is 24.1 Å². The second-order valence-corrected chi connectivity index (χ2v) is 8.51. The first-order valence-corrected chi connectivity index (χ1v) is 10.9. The molecule has 0 bridgehead atoms.